The van der Waals surface area contributed by atoms with Gasteiger partial charge in [0.05, 0.1) is 12.7 Å². The Morgan fingerprint density at radius 1 is 1.35 bits per heavy atom. The topological polar surface area (TPSA) is 131 Å². The van der Waals surface area contributed by atoms with Crippen LogP contribution in [0.2, 0.25) is 0 Å². The van der Waals surface area contributed by atoms with E-state index < -0.39 is 23.6 Å². The van der Waals surface area contributed by atoms with Crippen LogP contribution in [0.1, 0.15) is 38.5 Å². The molecule has 0 spiro atoms. The number of aliphatic hydroxyl groups excluding tert-OH is 3. The number of ether oxygens (including phenoxy) is 1. The largest absolute Gasteiger partial charge is 0.396 e. The average molecular weight is 327 g/mol. The van der Waals surface area contributed by atoms with Gasteiger partial charge in [0.1, 0.15) is 11.9 Å². The average Bonchev–Trinajstić information content (AvgIpc) is 2.84. The number of unbranched alkanes of at least 4 members (excludes halogenated alkanes) is 3. The Morgan fingerprint density at radius 3 is 2.70 bits per heavy atom. The lowest BCUT2D eigenvalue weighted by Crippen LogP contribution is -2.42. The molecule has 1 aliphatic rings. The fourth-order valence-corrected chi connectivity index (χ4v) is 3.06. The summed E-state index contributed by atoms with van der Waals surface area (Å²) >= 11 is 0. The van der Waals surface area contributed by atoms with E-state index in [9.17, 15) is 15.0 Å². The molecule has 1 fully saturated rings. The molecule has 8 heteroatoms. The quantitative estimate of drug-likeness (QED) is 0.476. The maximum absolute atomic E-state index is 12.2. The molecule has 1 aromatic rings. The Kier molecular flexibility index (Phi) is 6.11. The summed E-state index contributed by atoms with van der Waals surface area (Å²) in [5.41, 5.74) is 3.97. The van der Waals surface area contributed by atoms with Crippen molar-refractivity contribution in [1.29, 1.82) is 0 Å². The first kappa shape index (κ1) is 17.9. The first-order valence-corrected chi connectivity index (χ1v) is 7.95. The second-order valence-corrected chi connectivity index (χ2v) is 5.95. The number of aliphatic hydroxyl groups is 3. The van der Waals surface area contributed by atoms with Gasteiger partial charge < -0.3 is 25.8 Å². The summed E-state index contributed by atoms with van der Waals surface area (Å²) in [6, 6.07) is 1.51. The fourth-order valence-electron chi connectivity index (χ4n) is 3.06. The van der Waals surface area contributed by atoms with E-state index in [4.69, 9.17) is 15.6 Å². The van der Waals surface area contributed by atoms with E-state index in [-0.39, 0.29) is 25.5 Å². The number of aromatic nitrogens is 2. The van der Waals surface area contributed by atoms with Crippen molar-refractivity contribution in [3.63, 3.8) is 0 Å². The second-order valence-electron chi connectivity index (χ2n) is 5.95. The first-order chi connectivity index (χ1) is 11.0. The highest BCUT2D eigenvalue weighted by molar-refractivity contribution is 5.24. The van der Waals surface area contributed by atoms with Gasteiger partial charge in [0.15, 0.2) is 5.72 Å². The fraction of sp³-hybridized carbons (Fsp3) is 0.733. The lowest BCUT2D eigenvalue weighted by molar-refractivity contribution is -0.124. The van der Waals surface area contributed by atoms with Crippen LogP contribution >= 0.6 is 0 Å². The minimum absolute atomic E-state index is 0.126. The highest BCUT2D eigenvalue weighted by atomic mass is 16.6. The summed E-state index contributed by atoms with van der Waals surface area (Å²) in [7, 11) is 0. The van der Waals surface area contributed by atoms with E-state index in [2.05, 4.69) is 4.98 Å². The van der Waals surface area contributed by atoms with Crippen LogP contribution in [0.5, 0.6) is 0 Å². The number of hydrogen-bond donors (Lipinski definition) is 4. The number of nitrogens with two attached hydrogens (primary N) is 1. The summed E-state index contributed by atoms with van der Waals surface area (Å²) in [4.78, 5) is 15.9. The van der Waals surface area contributed by atoms with Crippen LogP contribution in [0, 0.1) is 0 Å². The molecular formula is C15H25N3O5. The van der Waals surface area contributed by atoms with Crippen LogP contribution in [-0.4, -0.2) is 50.3 Å². The predicted molar refractivity (Wildman–Crippen MR) is 83.6 cm³/mol. The standard InChI is InChI=1S/C15H25N3O5/c16-13-5-7-18(14(22)17-13)15(6-3-1-2-4-8-19)9-11(21)12(10-20)23-15/h5,7,11-12,19-21H,1-4,6,8-10H2,(H2,16,17,22)/t11-,12+,15+/m0/s1. The second kappa shape index (κ2) is 7.87. The lowest BCUT2D eigenvalue weighted by atomic mass is 9.99. The summed E-state index contributed by atoms with van der Waals surface area (Å²) in [6.07, 6.45) is 3.93. The van der Waals surface area contributed by atoms with Crippen molar-refractivity contribution in [1.82, 2.24) is 9.55 Å². The predicted octanol–water partition coefficient (Wildman–Crippen LogP) is -0.437. The number of anilines is 1. The molecule has 5 N–H and O–H groups in total. The lowest BCUT2D eigenvalue weighted by Gasteiger charge is -2.31. The van der Waals surface area contributed by atoms with Crippen molar-refractivity contribution in [3.8, 4) is 0 Å². The molecule has 0 aromatic carbocycles. The Balaban J connectivity index is 2.20. The Morgan fingerprint density at radius 2 is 2.09 bits per heavy atom. The van der Waals surface area contributed by atoms with Crippen LogP contribution in [0.3, 0.4) is 0 Å². The van der Waals surface area contributed by atoms with Crippen molar-refractivity contribution in [2.24, 2.45) is 0 Å². The maximum Gasteiger partial charge on any atom is 0.351 e. The van der Waals surface area contributed by atoms with Gasteiger partial charge in [-0.1, -0.05) is 12.8 Å². The van der Waals surface area contributed by atoms with Gasteiger partial charge in [0.25, 0.3) is 0 Å². The Bertz CT molecular complexity index is 564. The molecule has 130 valence electrons. The smallest absolute Gasteiger partial charge is 0.351 e. The minimum Gasteiger partial charge on any atom is -0.396 e. The van der Waals surface area contributed by atoms with Crippen LogP contribution in [-0.2, 0) is 10.5 Å². The summed E-state index contributed by atoms with van der Waals surface area (Å²) in [6.45, 7) is -0.154. The van der Waals surface area contributed by atoms with Gasteiger partial charge in [0, 0.05) is 19.2 Å². The molecule has 0 aliphatic carbocycles. The van der Waals surface area contributed by atoms with Gasteiger partial charge in [0.2, 0.25) is 0 Å². The zero-order valence-electron chi connectivity index (χ0n) is 13.1. The van der Waals surface area contributed by atoms with Crippen LogP contribution in [0.25, 0.3) is 0 Å². The SMILES string of the molecule is Nc1ccn([C@@]2(CCCCCCO)C[C@H](O)[C@@H](CO)O2)c(=O)n1. The molecule has 0 amide bonds. The highest BCUT2D eigenvalue weighted by Crippen LogP contribution is 2.38. The highest BCUT2D eigenvalue weighted by Gasteiger charge is 2.47. The number of hydrogen-bond acceptors (Lipinski definition) is 7. The van der Waals surface area contributed by atoms with Gasteiger partial charge in [-0.05, 0) is 25.3 Å². The molecular weight excluding hydrogens is 302 g/mol. The summed E-state index contributed by atoms with van der Waals surface area (Å²) in [5.74, 6) is 0.126. The van der Waals surface area contributed by atoms with Crippen LogP contribution in [0.4, 0.5) is 5.82 Å². The van der Waals surface area contributed by atoms with E-state index in [1.54, 1.807) is 0 Å². The summed E-state index contributed by atoms with van der Waals surface area (Å²) in [5, 5.41) is 28.2. The third-order valence-corrected chi connectivity index (χ3v) is 4.25. The Hall–Kier alpha value is -1.48. The van der Waals surface area contributed by atoms with Crippen LogP contribution < -0.4 is 11.4 Å². The molecule has 23 heavy (non-hydrogen) atoms. The van der Waals surface area contributed by atoms with Crippen molar-refractivity contribution < 1.29 is 20.1 Å². The zero-order valence-corrected chi connectivity index (χ0v) is 13.1. The number of rotatable bonds is 8. The molecule has 0 radical (unpaired) electrons. The zero-order chi connectivity index (χ0) is 16.9. The first-order valence-electron chi connectivity index (χ1n) is 7.95. The van der Waals surface area contributed by atoms with E-state index in [0.717, 1.165) is 25.7 Å². The van der Waals surface area contributed by atoms with Gasteiger partial charge in [-0.15, -0.1) is 0 Å². The molecule has 0 bridgehead atoms. The molecule has 0 saturated carbocycles. The molecule has 3 atom stereocenters. The van der Waals surface area contributed by atoms with Crippen molar-refractivity contribution in [2.75, 3.05) is 18.9 Å². The molecule has 0 unspecified atom stereocenters. The number of nitrogens with zero attached hydrogens (tertiary/aromatic N) is 2. The van der Waals surface area contributed by atoms with E-state index in [1.807, 2.05) is 0 Å². The Labute approximate surface area is 134 Å². The molecule has 1 saturated heterocycles. The normalized spacial score (nSPS) is 27.4. The minimum atomic E-state index is -1.02. The van der Waals surface area contributed by atoms with Crippen molar-refractivity contribution >= 4 is 5.82 Å². The molecule has 8 nitrogen and oxygen atoms in total. The van der Waals surface area contributed by atoms with Crippen LogP contribution in [0.15, 0.2) is 17.1 Å². The van der Waals surface area contributed by atoms with Crippen molar-refractivity contribution in [2.45, 2.75) is 56.5 Å². The number of nitrogen functional groups attached to an aromatic ring is 1. The van der Waals surface area contributed by atoms with E-state index >= 15 is 0 Å². The monoisotopic (exact) mass is 327 g/mol. The summed E-state index contributed by atoms with van der Waals surface area (Å²) < 4.78 is 7.21. The van der Waals surface area contributed by atoms with Gasteiger partial charge >= 0.3 is 5.69 Å². The van der Waals surface area contributed by atoms with Gasteiger partial charge in [-0.2, -0.15) is 4.98 Å². The molecule has 1 aromatic heterocycles. The maximum atomic E-state index is 12.2. The molecule has 2 rings (SSSR count). The molecule has 1 aliphatic heterocycles. The van der Waals surface area contributed by atoms with Gasteiger partial charge in [-0.3, -0.25) is 4.57 Å². The third kappa shape index (κ3) is 4.08. The third-order valence-electron chi connectivity index (χ3n) is 4.25. The van der Waals surface area contributed by atoms with E-state index in [1.165, 1.54) is 16.8 Å². The van der Waals surface area contributed by atoms with E-state index in [0.29, 0.717) is 6.42 Å². The van der Waals surface area contributed by atoms with Gasteiger partial charge in [-0.25, -0.2) is 4.79 Å². The molecule has 2 heterocycles. The van der Waals surface area contributed by atoms with Crippen molar-refractivity contribution in [3.05, 3.63) is 22.7 Å².